The molecule has 4 nitrogen and oxygen atoms in total. The smallest absolute Gasteiger partial charge is 0.309 e. The van der Waals surface area contributed by atoms with Crippen LogP contribution in [-0.2, 0) is 9.53 Å². The number of ether oxygens (including phenoxy) is 1. The quantitative estimate of drug-likeness (QED) is 0.702. The Morgan fingerprint density at radius 1 is 1.36 bits per heavy atom. The summed E-state index contributed by atoms with van der Waals surface area (Å²) < 4.78 is 5.87. The number of aliphatic hydroxyl groups excluding tert-OH is 2. The van der Waals surface area contributed by atoms with Crippen molar-refractivity contribution in [1.82, 2.24) is 0 Å². The molecule has 0 saturated heterocycles. The monoisotopic (exact) mass is 330 g/mol. The van der Waals surface area contributed by atoms with E-state index in [0.29, 0.717) is 17.4 Å². The number of carbonyl (C=O) groups excluding carboxylic acids is 1. The summed E-state index contributed by atoms with van der Waals surface area (Å²) in [5.41, 5.74) is 0.356. The molecule has 5 unspecified atom stereocenters. The van der Waals surface area contributed by atoms with Crippen molar-refractivity contribution in [1.29, 1.82) is 0 Å². The first-order chi connectivity index (χ1) is 10.2. The van der Waals surface area contributed by atoms with E-state index in [1.165, 1.54) is 18.2 Å². The summed E-state index contributed by atoms with van der Waals surface area (Å²) in [5, 5.41) is 18.1. The second kappa shape index (κ2) is 6.70. The molecule has 2 aliphatic carbocycles. The average Bonchev–Trinajstić information content (AvgIpc) is 2.80. The summed E-state index contributed by atoms with van der Waals surface area (Å²) in [4.78, 5) is 12.3. The van der Waals surface area contributed by atoms with Crippen LogP contribution in [0.2, 0.25) is 0 Å². The Morgan fingerprint density at radius 2 is 2.05 bits per heavy atom. The molecule has 5 atom stereocenters. The van der Waals surface area contributed by atoms with E-state index in [1.54, 1.807) is 0 Å². The van der Waals surface area contributed by atoms with Gasteiger partial charge in [0.25, 0.3) is 0 Å². The molecule has 2 fully saturated rings. The highest BCUT2D eigenvalue weighted by molar-refractivity contribution is 7.99. The lowest BCUT2D eigenvalue weighted by atomic mass is 9.70. The minimum absolute atomic E-state index is 0.0456. The van der Waals surface area contributed by atoms with Crippen LogP contribution in [-0.4, -0.2) is 46.5 Å². The minimum atomic E-state index is -0.710. The van der Waals surface area contributed by atoms with Crippen molar-refractivity contribution >= 4 is 17.7 Å². The van der Waals surface area contributed by atoms with Gasteiger partial charge in [0.05, 0.1) is 18.6 Å². The third kappa shape index (κ3) is 3.17. The normalized spacial score (nSPS) is 35.4. The van der Waals surface area contributed by atoms with Crippen molar-refractivity contribution in [2.75, 3.05) is 18.1 Å². The molecular weight excluding hydrogens is 300 g/mol. The fourth-order valence-electron chi connectivity index (χ4n) is 4.07. The van der Waals surface area contributed by atoms with Gasteiger partial charge in [0.1, 0.15) is 6.10 Å². The van der Waals surface area contributed by atoms with Crippen molar-refractivity contribution in [2.24, 2.45) is 22.7 Å². The number of hydrogen-bond acceptors (Lipinski definition) is 5. The maximum Gasteiger partial charge on any atom is 0.309 e. The van der Waals surface area contributed by atoms with Crippen molar-refractivity contribution in [3.8, 4) is 0 Å². The zero-order valence-electron chi connectivity index (χ0n) is 14.2. The number of fused-ring (bicyclic) bond motifs is 2. The largest absolute Gasteiger partial charge is 0.462 e. The molecule has 0 radical (unpaired) electrons. The van der Waals surface area contributed by atoms with Crippen LogP contribution in [0.15, 0.2) is 0 Å². The lowest BCUT2D eigenvalue weighted by Crippen LogP contribution is -2.39. The zero-order valence-corrected chi connectivity index (χ0v) is 15.0. The lowest BCUT2D eigenvalue weighted by Gasteiger charge is -2.38. The van der Waals surface area contributed by atoms with E-state index in [4.69, 9.17) is 9.84 Å². The van der Waals surface area contributed by atoms with E-state index in [2.05, 4.69) is 20.8 Å². The minimum Gasteiger partial charge on any atom is -0.462 e. The van der Waals surface area contributed by atoms with Gasteiger partial charge in [-0.05, 0) is 30.6 Å². The van der Waals surface area contributed by atoms with Crippen LogP contribution in [0.5, 0.6) is 0 Å². The predicted molar refractivity (Wildman–Crippen MR) is 88.7 cm³/mol. The summed E-state index contributed by atoms with van der Waals surface area (Å²) in [7, 11) is 0. The molecule has 0 aromatic heterocycles. The number of carbonyl (C=O) groups is 1. The number of hydrogen-bond donors (Lipinski definition) is 2. The van der Waals surface area contributed by atoms with Crippen molar-refractivity contribution in [3.63, 3.8) is 0 Å². The molecule has 0 aliphatic heterocycles. The van der Waals surface area contributed by atoms with Crippen LogP contribution in [0.1, 0.15) is 47.0 Å². The van der Waals surface area contributed by atoms with Gasteiger partial charge in [-0.3, -0.25) is 4.79 Å². The first kappa shape index (κ1) is 18.1. The van der Waals surface area contributed by atoms with E-state index in [0.717, 1.165) is 12.8 Å². The Morgan fingerprint density at radius 3 is 2.55 bits per heavy atom. The molecular formula is C17H30O4S. The molecule has 2 bridgehead atoms. The van der Waals surface area contributed by atoms with Gasteiger partial charge in [0, 0.05) is 16.9 Å². The van der Waals surface area contributed by atoms with E-state index >= 15 is 0 Å². The third-order valence-corrected chi connectivity index (χ3v) is 7.62. The SMILES string of the molecule is CC(CSCC(O)CO)C(=O)OC1CC2CCC1(C)C2(C)C. The molecule has 2 N–H and O–H groups in total. The first-order valence-electron chi connectivity index (χ1n) is 8.29. The van der Waals surface area contributed by atoms with Gasteiger partial charge in [-0.1, -0.05) is 27.7 Å². The number of aliphatic hydroxyl groups is 2. The summed E-state index contributed by atoms with van der Waals surface area (Å²) >= 11 is 1.48. The molecule has 0 heterocycles. The van der Waals surface area contributed by atoms with Gasteiger partial charge in [-0.25, -0.2) is 0 Å². The Labute approximate surface area is 138 Å². The second-order valence-corrected chi connectivity index (χ2v) is 8.89. The zero-order chi connectivity index (χ0) is 16.5. The second-order valence-electron chi connectivity index (χ2n) is 7.81. The van der Waals surface area contributed by atoms with Gasteiger partial charge in [0.15, 0.2) is 0 Å². The Bertz CT molecular complexity index is 411. The lowest BCUT2D eigenvalue weighted by molar-refractivity contribution is -0.160. The Kier molecular flexibility index (Phi) is 5.50. The molecule has 0 spiro atoms. The highest BCUT2D eigenvalue weighted by Gasteiger charge is 2.62. The van der Waals surface area contributed by atoms with Crippen LogP contribution in [0.3, 0.4) is 0 Å². The van der Waals surface area contributed by atoms with E-state index in [-0.39, 0.29) is 35.4 Å². The topological polar surface area (TPSA) is 66.8 Å². The van der Waals surface area contributed by atoms with E-state index < -0.39 is 6.10 Å². The maximum absolute atomic E-state index is 12.3. The number of rotatable bonds is 7. The first-order valence-corrected chi connectivity index (χ1v) is 9.45. The van der Waals surface area contributed by atoms with E-state index in [1.807, 2.05) is 6.92 Å². The summed E-state index contributed by atoms with van der Waals surface area (Å²) in [6, 6.07) is 0. The molecule has 22 heavy (non-hydrogen) atoms. The van der Waals surface area contributed by atoms with Crippen molar-refractivity contribution in [3.05, 3.63) is 0 Å². The maximum atomic E-state index is 12.3. The van der Waals surface area contributed by atoms with Crippen LogP contribution in [0.4, 0.5) is 0 Å². The molecule has 2 aliphatic rings. The van der Waals surface area contributed by atoms with Crippen LogP contribution >= 0.6 is 11.8 Å². The fourth-order valence-corrected chi connectivity index (χ4v) is 5.07. The summed E-state index contributed by atoms with van der Waals surface area (Å²) in [6.45, 7) is 8.54. The average molecular weight is 330 g/mol. The molecule has 2 rings (SSSR count). The van der Waals surface area contributed by atoms with Gasteiger partial charge in [-0.15, -0.1) is 0 Å². The van der Waals surface area contributed by atoms with Crippen molar-refractivity contribution < 1.29 is 19.7 Å². The fraction of sp³-hybridized carbons (Fsp3) is 0.941. The van der Waals surface area contributed by atoms with Crippen LogP contribution < -0.4 is 0 Å². The number of thioether (sulfide) groups is 1. The molecule has 5 heteroatoms. The number of esters is 1. The van der Waals surface area contributed by atoms with Gasteiger partial charge < -0.3 is 14.9 Å². The van der Waals surface area contributed by atoms with Gasteiger partial charge in [-0.2, -0.15) is 11.8 Å². The standard InChI is InChI=1S/C17H30O4S/c1-11(9-22-10-13(19)8-18)15(20)21-14-7-12-5-6-17(14,4)16(12,2)3/h11-14,18-19H,5-10H2,1-4H3. The highest BCUT2D eigenvalue weighted by atomic mass is 32.2. The third-order valence-electron chi connectivity index (χ3n) is 6.26. The Balaban J connectivity index is 1.83. The molecule has 2 saturated carbocycles. The molecule has 0 amide bonds. The van der Waals surface area contributed by atoms with E-state index in [9.17, 15) is 9.90 Å². The molecule has 128 valence electrons. The van der Waals surface area contributed by atoms with Gasteiger partial charge in [0.2, 0.25) is 0 Å². The molecule has 0 aromatic carbocycles. The van der Waals surface area contributed by atoms with Crippen LogP contribution in [0, 0.1) is 22.7 Å². The molecule has 0 aromatic rings. The highest BCUT2D eigenvalue weighted by Crippen LogP contribution is 2.66. The summed E-state index contributed by atoms with van der Waals surface area (Å²) in [6.07, 6.45) is 2.73. The van der Waals surface area contributed by atoms with Gasteiger partial charge >= 0.3 is 5.97 Å². The predicted octanol–water partition coefficient (Wildman–Crippen LogP) is 2.47. The Hall–Kier alpha value is -0.260. The van der Waals surface area contributed by atoms with Crippen LogP contribution in [0.25, 0.3) is 0 Å². The van der Waals surface area contributed by atoms with Crippen molar-refractivity contribution in [2.45, 2.75) is 59.2 Å². The summed E-state index contributed by atoms with van der Waals surface area (Å²) in [5.74, 6) is 1.43.